The van der Waals surface area contributed by atoms with Crippen molar-refractivity contribution >= 4 is 17.7 Å². The smallest absolute Gasteiger partial charge is 0.251 e. The summed E-state index contributed by atoms with van der Waals surface area (Å²) in [5, 5.41) is 3.00. The lowest BCUT2D eigenvalue weighted by Gasteiger charge is -2.22. The van der Waals surface area contributed by atoms with Crippen LogP contribution >= 0.6 is 11.8 Å². The first-order chi connectivity index (χ1) is 8.63. The molecule has 4 nitrogen and oxygen atoms in total. The zero-order valence-electron chi connectivity index (χ0n) is 10.6. The third-order valence-corrected chi connectivity index (χ3v) is 4.75. The van der Waals surface area contributed by atoms with Crippen molar-refractivity contribution in [1.82, 2.24) is 10.3 Å². The third kappa shape index (κ3) is 3.23. The standard InChI is InChI=1S/C13H19N3OS/c1-13(4-2-6-18-13)9-16-12(17)10-3-5-15-11(7-10)8-14/h3,5,7H,2,4,6,8-9,14H2,1H3,(H,16,17). The summed E-state index contributed by atoms with van der Waals surface area (Å²) in [6, 6.07) is 3.47. The van der Waals surface area contributed by atoms with Gasteiger partial charge >= 0.3 is 0 Å². The van der Waals surface area contributed by atoms with Gasteiger partial charge in [0.05, 0.1) is 5.69 Å². The summed E-state index contributed by atoms with van der Waals surface area (Å²) in [7, 11) is 0. The lowest BCUT2D eigenvalue weighted by Crippen LogP contribution is -2.36. The third-order valence-electron chi connectivity index (χ3n) is 3.21. The van der Waals surface area contributed by atoms with Crippen molar-refractivity contribution in [2.24, 2.45) is 5.73 Å². The van der Waals surface area contributed by atoms with Crippen molar-refractivity contribution in [2.75, 3.05) is 12.3 Å². The van der Waals surface area contributed by atoms with Crippen LogP contribution in [-0.2, 0) is 6.54 Å². The summed E-state index contributed by atoms with van der Waals surface area (Å²) < 4.78 is 0.194. The van der Waals surface area contributed by atoms with Crippen molar-refractivity contribution < 1.29 is 4.79 Å². The molecular formula is C13H19N3OS. The van der Waals surface area contributed by atoms with Crippen molar-refractivity contribution in [3.8, 4) is 0 Å². The molecule has 0 spiro atoms. The quantitative estimate of drug-likeness (QED) is 0.867. The minimum Gasteiger partial charge on any atom is -0.351 e. The predicted octanol–water partition coefficient (Wildman–Crippen LogP) is 1.56. The number of nitrogens with two attached hydrogens (primary N) is 1. The van der Waals surface area contributed by atoms with Gasteiger partial charge in [-0.2, -0.15) is 11.8 Å². The molecule has 3 N–H and O–H groups in total. The van der Waals surface area contributed by atoms with Gasteiger partial charge in [0.2, 0.25) is 0 Å². The molecule has 1 amide bonds. The zero-order chi connectivity index (χ0) is 13.0. The van der Waals surface area contributed by atoms with Crippen LogP contribution in [0.3, 0.4) is 0 Å². The highest BCUT2D eigenvalue weighted by molar-refractivity contribution is 8.00. The van der Waals surface area contributed by atoms with Crippen LogP contribution in [-0.4, -0.2) is 27.9 Å². The molecule has 1 aliphatic rings. The first-order valence-corrected chi connectivity index (χ1v) is 7.19. The van der Waals surface area contributed by atoms with Crippen LogP contribution in [0.5, 0.6) is 0 Å². The summed E-state index contributed by atoms with van der Waals surface area (Å²) in [4.78, 5) is 16.1. The molecule has 1 aromatic rings. The molecule has 1 fully saturated rings. The molecule has 1 aliphatic heterocycles. The van der Waals surface area contributed by atoms with E-state index in [1.807, 2.05) is 11.8 Å². The number of aromatic nitrogens is 1. The number of thioether (sulfide) groups is 1. The Morgan fingerprint density at radius 2 is 2.50 bits per heavy atom. The molecule has 2 rings (SSSR count). The largest absolute Gasteiger partial charge is 0.351 e. The minimum absolute atomic E-state index is 0.0409. The van der Waals surface area contributed by atoms with Crippen molar-refractivity contribution in [3.63, 3.8) is 0 Å². The Morgan fingerprint density at radius 3 is 3.17 bits per heavy atom. The molecule has 5 heteroatoms. The highest BCUT2D eigenvalue weighted by Gasteiger charge is 2.29. The number of carbonyl (C=O) groups is 1. The summed E-state index contributed by atoms with van der Waals surface area (Å²) >= 11 is 1.94. The van der Waals surface area contributed by atoms with E-state index < -0.39 is 0 Å². The van der Waals surface area contributed by atoms with Crippen LogP contribution < -0.4 is 11.1 Å². The van der Waals surface area contributed by atoms with Gasteiger partial charge in [-0.25, -0.2) is 0 Å². The van der Waals surface area contributed by atoms with E-state index in [1.54, 1.807) is 18.3 Å². The van der Waals surface area contributed by atoms with Crippen molar-refractivity contribution in [3.05, 3.63) is 29.6 Å². The maximum Gasteiger partial charge on any atom is 0.251 e. The maximum atomic E-state index is 12.0. The number of nitrogens with one attached hydrogen (secondary N) is 1. The number of pyridine rings is 1. The van der Waals surface area contributed by atoms with Gasteiger partial charge in [-0.1, -0.05) is 0 Å². The van der Waals surface area contributed by atoms with E-state index in [2.05, 4.69) is 17.2 Å². The van der Waals surface area contributed by atoms with Crippen LogP contribution in [0, 0.1) is 0 Å². The van der Waals surface area contributed by atoms with E-state index in [0.717, 1.165) is 12.2 Å². The topological polar surface area (TPSA) is 68.0 Å². The van der Waals surface area contributed by atoms with E-state index >= 15 is 0 Å². The number of nitrogens with zero attached hydrogens (tertiary/aromatic N) is 1. The van der Waals surface area contributed by atoms with E-state index in [-0.39, 0.29) is 10.7 Å². The zero-order valence-corrected chi connectivity index (χ0v) is 11.4. The van der Waals surface area contributed by atoms with Crippen LogP contribution in [0.1, 0.15) is 35.8 Å². The van der Waals surface area contributed by atoms with Gasteiger partial charge in [-0.05, 0) is 37.7 Å². The maximum absolute atomic E-state index is 12.0. The Morgan fingerprint density at radius 1 is 1.67 bits per heavy atom. The van der Waals surface area contributed by atoms with Gasteiger partial charge in [0.1, 0.15) is 0 Å². The van der Waals surface area contributed by atoms with Crippen LogP contribution in [0.25, 0.3) is 0 Å². The number of amides is 1. The van der Waals surface area contributed by atoms with E-state index in [4.69, 9.17) is 5.73 Å². The molecule has 0 radical (unpaired) electrons. The Balaban J connectivity index is 1.94. The SMILES string of the molecule is CC1(CNC(=O)c2ccnc(CN)c2)CCCS1. The lowest BCUT2D eigenvalue weighted by molar-refractivity contribution is 0.0949. The number of hydrogen-bond acceptors (Lipinski definition) is 4. The molecule has 2 heterocycles. The second-order valence-corrected chi connectivity index (χ2v) is 6.51. The lowest BCUT2D eigenvalue weighted by atomic mass is 10.1. The number of carbonyl (C=O) groups excluding carboxylic acids is 1. The van der Waals surface area contributed by atoms with Gasteiger partial charge < -0.3 is 11.1 Å². The molecule has 18 heavy (non-hydrogen) atoms. The van der Waals surface area contributed by atoms with Gasteiger partial charge in [-0.15, -0.1) is 0 Å². The van der Waals surface area contributed by atoms with E-state index in [1.165, 1.54) is 18.6 Å². The highest BCUT2D eigenvalue weighted by Crippen LogP contribution is 2.36. The molecule has 0 bridgehead atoms. The van der Waals surface area contributed by atoms with Crippen LogP contribution in [0.4, 0.5) is 0 Å². The van der Waals surface area contributed by atoms with Crippen molar-refractivity contribution in [2.45, 2.75) is 31.1 Å². The predicted molar refractivity (Wildman–Crippen MR) is 74.6 cm³/mol. The molecule has 1 aromatic heterocycles. The monoisotopic (exact) mass is 265 g/mol. The minimum atomic E-state index is -0.0409. The van der Waals surface area contributed by atoms with Crippen LogP contribution in [0.15, 0.2) is 18.3 Å². The normalized spacial score (nSPS) is 23.0. The molecule has 1 unspecified atom stereocenters. The fourth-order valence-corrected chi connectivity index (χ4v) is 3.32. The molecule has 0 saturated carbocycles. The van der Waals surface area contributed by atoms with Gasteiger partial charge in [0.15, 0.2) is 0 Å². The molecule has 0 aromatic carbocycles. The molecule has 0 aliphatic carbocycles. The first-order valence-electron chi connectivity index (χ1n) is 6.20. The molecule has 98 valence electrons. The molecule has 1 atom stereocenters. The van der Waals surface area contributed by atoms with Gasteiger partial charge in [0, 0.05) is 29.6 Å². The fourth-order valence-electron chi connectivity index (χ4n) is 2.08. The Bertz CT molecular complexity index is 430. The average molecular weight is 265 g/mol. The second-order valence-electron chi connectivity index (χ2n) is 4.82. The Hall–Kier alpha value is -1.07. The van der Waals surface area contributed by atoms with E-state index in [0.29, 0.717) is 12.1 Å². The average Bonchev–Trinajstić information content (AvgIpc) is 2.83. The number of hydrogen-bond donors (Lipinski definition) is 2. The summed E-state index contributed by atoms with van der Waals surface area (Å²) in [5.74, 6) is 1.15. The van der Waals surface area contributed by atoms with Gasteiger partial charge in [-0.3, -0.25) is 9.78 Å². The summed E-state index contributed by atoms with van der Waals surface area (Å²) in [6.07, 6.45) is 4.04. The first kappa shape index (κ1) is 13.4. The Labute approximate surface area is 112 Å². The van der Waals surface area contributed by atoms with Gasteiger partial charge in [0.25, 0.3) is 5.91 Å². The van der Waals surface area contributed by atoms with Crippen molar-refractivity contribution in [1.29, 1.82) is 0 Å². The fraction of sp³-hybridized carbons (Fsp3) is 0.538. The molecular weight excluding hydrogens is 246 g/mol. The van der Waals surface area contributed by atoms with Crippen LogP contribution in [0.2, 0.25) is 0 Å². The number of rotatable bonds is 4. The second kappa shape index (κ2) is 5.71. The molecule has 1 saturated heterocycles. The highest BCUT2D eigenvalue weighted by atomic mass is 32.2. The summed E-state index contributed by atoms with van der Waals surface area (Å²) in [6.45, 7) is 3.29. The Kier molecular flexibility index (Phi) is 4.24. The summed E-state index contributed by atoms with van der Waals surface area (Å²) in [5.41, 5.74) is 6.89. The van der Waals surface area contributed by atoms with E-state index in [9.17, 15) is 4.79 Å².